The highest BCUT2D eigenvalue weighted by atomic mass is 32.2. The molecule has 35 heavy (non-hydrogen) atoms. The number of hydrogen-bond donors (Lipinski definition) is 1. The van der Waals surface area contributed by atoms with Gasteiger partial charge in [-0.15, -0.1) is 0 Å². The standard InChI is InChI=1S/C23H28B3F2N2O3PS/c1-15-6-4-8-20-18(15)12-16(30(20)14-22(27,28)34-2)7-5-11-29-19-10-9-17(35(3,31)32)13-21(19)33-23(24,25)26/h4,6,8-10,12-13,29,34H,11,14,24-26H2,1-3H3. The Morgan fingerprint density at radius 2 is 1.89 bits per heavy atom. The predicted octanol–water partition coefficient (Wildman–Crippen LogP) is 1.61. The molecule has 12 heteroatoms. The van der Waals surface area contributed by atoms with E-state index in [1.165, 1.54) is 18.8 Å². The van der Waals surface area contributed by atoms with Crippen LogP contribution in [0.15, 0.2) is 47.4 Å². The Kier molecular flexibility index (Phi) is 7.98. The molecule has 1 atom stereocenters. The van der Waals surface area contributed by atoms with Crippen LogP contribution in [0.5, 0.6) is 5.75 Å². The highest BCUT2D eigenvalue weighted by molar-refractivity contribution is 7.90. The van der Waals surface area contributed by atoms with Crippen molar-refractivity contribution in [3.05, 3.63) is 53.7 Å². The summed E-state index contributed by atoms with van der Waals surface area (Å²) in [5.41, 5.74) is 0.0339. The number of nitrogens with zero attached hydrogens (tertiary/aromatic N) is 1. The maximum absolute atomic E-state index is 14.3. The smallest absolute Gasteiger partial charge is 0.278 e. The molecular weight excluding hydrogens is 486 g/mol. The third-order valence-electron chi connectivity index (χ3n) is 5.27. The summed E-state index contributed by atoms with van der Waals surface area (Å²) in [7, 11) is 1.71. The summed E-state index contributed by atoms with van der Waals surface area (Å²) < 4.78 is 60.1. The number of benzene rings is 2. The molecule has 1 heterocycles. The second-order valence-electron chi connectivity index (χ2n) is 9.38. The SMILES string of the molecule is BC(B)(B)Oc1cc(S(C)(=O)=O)ccc1NCC#Cc1cc2c(C)cccc2n1CC(F)(F)PC. The van der Waals surface area contributed by atoms with E-state index in [2.05, 4.69) is 17.2 Å². The zero-order valence-electron chi connectivity index (χ0n) is 20.8. The molecule has 5 nitrogen and oxygen atoms in total. The van der Waals surface area contributed by atoms with Gasteiger partial charge in [0, 0.05) is 28.5 Å². The molecule has 0 amide bonds. The number of rotatable bonds is 8. The van der Waals surface area contributed by atoms with Crippen molar-refractivity contribution in [1.29, 1.82) is 0 Å². The zero-order valence-corrected chi connectivity index (χ0v) is 22.6. The van der Waals surface area contributed by atoms with Crippen molar-refractivity contribution < 1.29 is 21.9 Å². The Morgan fingerprint density at radius 1 is 1.17 bits per heavy atom. The van der Waals surface area contributed by atoms with Crippen molar-refractivity contribution in [2.24, 2.45) is 0 Å². The Hall–Kier alpha value is -2.43. The largest absolute Gasteiger partial charge is 0.511 e. The number of halogens is 2. The summed E-state index contributed by atoms with van der Waals surface area (Å²) in [6.07, 6.45) is 1.14. The van der Waals surface area contributed by atoms with Crippen LogP contribution in [-0.4, -0.2) is 67.0 Å². The van der Waals surface area contributed by atoms with Crippen LogP contribution in [0.1, 0.15) is 11.3 Å². The summed E-state index contributed by atoms with van der Waals surface area (Å²) in [6.45, 7) is 3.23. The number of fused-ring (bicyclic) bond motifs is 1. The van der Waals surface area contributed by atoms with E-state index in [4.69, 9.17) is 4.74 Å². The van der Waals surface area contributed by atoms with E-state index in [0.717, 1.165) is 22.7 Å². The molecule has 2 aromatic carbocycles. The van der Waals surface area contributed by atoms with Gasteiger partial charge in [-0.2, -0.15) is 0 Å². The van der Waals surface area contributed by atoms with Crippen molar-refractivity contribution >= 4 is 58.5 Å². The second kappa shape index (κ2) is 10.3. The van der Waals surface area contributed by atoms with Gasteiger partial charge in [0.2, 0.25) is 0 Å². The van der Waals surface area contributed by atoms with Gasteiger partial charge in [0.15, 0.2) is 9.84 Å². The summed E-state index contributed by atoms with van der Waals surface area (Å²) in [4.78, 5) is 0.158. The van der Waals surface area contributed by atoms with Crippen LogP contribution < -0.4 is 10.1 Å². The van der Waals surface area contributed by atoms with Crippen LogP contribution in [-0.2, 0) is 16.4 Å². The average molecular weight is 514 g/mol. The van der Waals surface area contributed by atoms with Gasteiger partial charge < -0.3 is 14.6 Å². The van der Waals surface area contributed by atoms with Crippen molar-refractivity contribution in [2.45, 2.75) is 29.3 Å². The van der Waals surface area contributed by atoms with Gasteiger partial charge in [0.05, 0.1) is 29.4 Å². The molecule has 1 aromatic heterocycles. The summed E-state index contributed by atoms with van der Waals surface area (Å²) in [5, 5.41) is 3.52. The first-order valence-corrected chi connectivity index (χ1v) is 14.5. The van der Waals surface area contributed by atoms with Crippen molar-refractivity contribution in [2.75, 3.05) is 24.8 Å². The number of ether oxygens (including phenoxy) is 1. The fourth-order valence-electron chi connectivity index (χ4n) is 3.55. The third-order valence-corrected chi connectivity index (χ3v) is 7.27. The highest BCUT2D eigenvalue weighted by Gasteiger charge is 2.28. The average Bonchev–Trinajstić information content (AvgIpc) is 3.08. The van der Waals surface area contributed by atoms with Crippen LogP contribution in [0.25, 0.3) is 10.9 Å². The minimum absolute atomic E-state index is 0.158. The fraction of sp³-hybridized carbons (Fsp3) is 0.304. The summed E-state index contributed by atoms with van der Waals surface area (Å²) >= 11 is 0. The van der Waals surface area contributed by atoms with E-state index in [-0.39, 0.29) is 11.4 Å². The molecule has 0 radical (unpaired) electrons. The van der Waals surface area contributed by atoms with Gasteiger partial charge in [-0.05, 0) is 57.9 Å². The van der Waals surface area contributed by atoms with Crippen molar-refractivity contribution in [3.8, 4) is 17.6 Å². The van der Waals surface area contributed by atoms with E-state index in [1.54, 1.807) is 10.6 Å². The predicted molar refractivity (Wildman–Crippen MR) is 150 cm³/mol. The lowest BCUT2D eigenvalue weighted by Crippen LogP contribution is -2.37. The minimum Gasteiger partial charge on any atom is -0.511 e. The molecule has 0 bridgehead atoms. The molecule has 0 aliphatic carbocycles. The molecule has 0 saturated heterocycles. The van der Waals surface area contributed by atoms with Crippen molar-refractivity contribution in [3.63, 3.8) is 0 Å². The van der Waals surface area contributed by atoms with Gasteiger partial charge in [-0.3, -0.25) is 0 Å². The molecular formula is C23H28B3F2N2O3PS. The zero-order chi connectivity index (χ0) is 26.0. The van der Waals surface area contributed by atoms with Gasteiger partial charge in [-0.1, -0.05) is 18.1 Å². The Morgan fingerprint density at radius 3 is 2.51 bits per heavy atom. The fourth-order valence-corrected chi connectivity index (χ4v) is 4.50. The maximum atomic E-state index is 14.3. The second-order valence-corrected chi connectivity index (χ2v) is 12.6. The van der Waals surface area contributed by atoms with E-state index < -0.39 is 35.9 Å². The Balaban J connectivity index is 1.91. The molecule has 3 aromatic rings. The lowest BCUT2D eigenvalue weighted by atomic mass is 9.52. The van der Waals surface area contributed by atoms with Crippen molar-refractivity contribution in [1.82, 2.24) is 4.57 Å². The minimum atomic E-state index is -3.40. The van der Waals surface area contributed by atoms with E-state index in [0.29, 0.717) is 17.1 Å². The van der Waals surface area contributed by atoms with Crippen LogP contribution in [0.2, 0.25) is 0 Å². The number of anilines is 1. The quantitative estimate of drug-likeness (QED) is 0.282. The Labute approximate surface area is 210 Å². The molecule has 182 valence electrons. The van der Waals surface area contributed by atoms with E-state index in [1.807, 2.05) is 54.7 Å². The highest BCUT2D eigenvalue weighted by Crippen LogP contribution is 2.36. The lowest BCUT2D eigenvalue weighted by Gasteiger charge is -2.24. The molecule has 3 rings (SSSR count). The lowest BCUT2D eigenvalue weighted by molar-refractivity contribution is 0.0825. The third kappa shape index (κ3) is 7.05. The van der Waals surface area contributed by atoms with Gasteiger partial charge in [-0.25, -0.2) is 17.2 Å². The van der Waals surface area contributed by atoms with Crippen LogP contribution in [0.4, 0.5) is 14.5 Å². The summed E-state index contributed by atoms with van der Waals surface area (Å²) in [5.74, 6) is 6.44. The monoisotopic (exact) mass is 514 g/mol. The first-order valence-electron chi connectivity index (χ1n) is 11.1. The van der Waals surface area contributed by atoms with Gasteiger partial charge in [0.1, 0.15) is 29.3 Å². The number of alkyl halides is 2. The van der Waals surface area contributed by atoms with Crippen LogP contribution in [0.3, 0.4) is 0 Å². The summed E-state index contributed by atoms with van der Waals surface area (Å²) in [6, 6.07) is 12.1. The Bertz CT molecular complexity index is 1410. The molecule has 1 N–H and O–H groups in total. The molecule has 0 spiro atoms. The normalized spacial score (nSPS) is 12.6. The number of hydrogen-bond acceptors (Lipinski definition) is 4. The van der Waals surface area contributed by atoms with E-state index in [9.17, 15) is 17.2 Å². The van der Waals surface area contributed by atoms with Gasteiger partial charge in [0.25, 0.3) is 5.66 Å². The molecule has 0 fully saturated rings. The number of nitrogens with one attached hydrogen (secondary N) is 1. The maximum Gasteiger partial charge on any atom is 0.278 e. The molecule has 0 saturated carbocycles. The number of aryl methyl sites for hydroxylation is 1. The molecule has 0 aliphatic rings. The van der Waals surface area contributed by atoms with Crippen LogP contribution in [0, 0.1) is 18.8 Å². The molecule has 1 unspecified atom stereocenters. The topological polar surface area (TPSA) is 60.3 Å². The molecule has 0 aliphatic heterocycles. The first-order chi connectivity index (χ1) is 16.2. The number of sulfone groups is 1. The first kappa shape index (κ1) is 27.2. The van der Waals surface area contributed by atoms with Gasteiger partial charge >= 0.3 is 0 Å². The van der Waals surface area contributed by atoms with E-state index >= 15 is 0 Å². The number of aromatic nitrogens is 1. The van der Waals surface area contributed by atoms with Crippen LogP contribution >= 0.6 is 8.58 Å².